The van der Waals surface area contributed by atoms with E-state index in [0.717, 1.165) is 11.3 Å². The first-order chi connectivity index (χ1) is 6.07. The maximum absolute atomic E-state index is 11.3. The van der Waals surface area contributed by atoms with Gasteiger partial charge < -0.3 is 5.73 Å². The fraction of sp³-hybridized carbons (Fsp3) is 0.556. The van der Waals surface area contributed by atoms with Gasteiger partial charge in [-0.15, -0.1) is 0 Å². The van der Waals surface area contributed by atoms with Gasteiger partial charge in [0.1, 0.15) is 5.69 Å². The number of aryl methyl sites for hydroxylation is 1. The van der Waals surface area contributed by atoms with Gasteiger partial charge >= 0.3 is 0 Å². The van der Waals surface area contributed by atoms with Crippen molar-refractivity contribution in [1.82, 2.24) is 10.2 Å². The number of Topliss-reactive ketones (excluding diaryl/α,β-unsaturated/α-hetero) is 1. The van der Waals surface area contributed by atoms with E-state index in [9.17, 15) is 4.79 Å². The van der Waals surface area contributed by atoms with Crippen molar-refractivity contribution in [1.29, 1.82) is 0 Å². The van der Waals surface area contributed by atoms with E-state index in [4.69, 9.17) is 5.73 Å². The van der Waals surface area contributed by atoms with Crippen LogP contribution < -0.4 is 5.73 Å². The molecular weight excluding hydrogens is 166 g/mol. The van der Waals surface area contributed by atoms with Crippen LogP contribution >= 0.6 is 0 Å². The molecule has 1 aromatic heterocycles. The van der Waals surface area contributed by atoms with Gasteiger partial charge in [0.05, 0.1) is 6.54 Å². The van der Waals surface area contributed by atoms with Crippen LogP contribution in [-0.4, -0.2) is 22.5 Å². The molecule has 0 spiro atoms. The molecule has 0 saturated heterocycles. The molecule has 0 atom stereocenters. The van der Waals surface area contributed by atoms with E-state index < -0.39 is 0 Å². The van der Waals surface area contributed by atoms with E-state index in [1.165, 1.54) is 0 Å². The highest BCUT2D eigenvalue weighted by Crippen LogP contribution is 2.21. The number of nitrogens with two attached hydrogens (primary N) is 1. The van der Waals surface area contributed by atoms with Crippen LogP contribution in [0.1, 0.15) is 41.5 Å². The molecule has 0 aromatic carbocycles. The molecule has 0 saturated carbocycles. The number of nitrogens with one attached hydrogen (secondary N) is 1. The van der Waals surface area contributed by atoms with Crippen molar-refractivity contribution in [2.24, 2.45) is 5.73 Å². The van der Waals surface area contributed by atoms with E-state index in [0.29, 0.717) is 11.6 Å². The van der Waals surface area contributed by atoms with Gasteiger partial charge in [0, 0.05) is 11.3 Å². The molecule has 0 fully saturated rings. The van der Waals surface area contributed by atoms with Crippen LogP contribution in [0.5, 0.6) is 0 Å². The molecule has 4 heteroatoms. The van der Waals surface area contributed by atoms with Gasteiger partial charge in [0.25, 0.3) is 0 Å². The molecule has 1 aromatic rings. The first-order valence-electron chi connectivity index (χ1n) is 4.36. The largest absolute Gasteiger partial charge is 0.324 e. The molecule has 0 aliphatic heterocycles. The highest BCUT2D eigenvalue weighted by Gasteiger charge is 2.18. The molecular formula is C9H15N3O. The predicted octanol–water partition coefficient (Wildman–Crippen LogP) is 0.983. The van der Waals surface area contributed by atoms with Gasteiger partial charge in [0.2, 0.25) is 0 Å². The number of carbonyl (C=O) groups is 1. The second-order valence-electron chi connectivity index (χ2n) is 3.39. The first-order valence-corrected chi connectivity index (χ1v) is 4.36. The fourth-order valence-electron chi connectivity index (χ4n) is 1.45. The second kappa shape index (κ2) is 3.70. The minimum atomic E-state index is -0.104. The van der Waals surface area contributed by atoms with Crippen molar-refractivity contribution in [2.45, 2.75) is 26.7 Å². The summed E-state index contributed by atoms with van der Waals surface area (Å²) in [5.74, 6) is 0.192. The summed E-state index contributed by atoms with van der Waals surface area (Å²) in [6.45, 7) is 6.00. The standard InChI is InChI=1S/C9H15N3O/c1-5(2)8-6(3)11-12-9(8)7(13)4-10/h5H,4,10H2,1-3H3,(H,11,12). The summed E-state index contributed by atoms with van der Waals surface area (Å²) in [7, 11) is 0. The third-order valence-electron chi connectivity index (χ3n) is 2.02. The lowest BCUT2D eigenvalue weighted by Gasteiger charge is -2.05. The van der Waals surface area contributed by atoms with Crippen molar-refractivity contribution < 1.29 is 4.79 Å². The van der Waals surface area contributed by atoms with Crippen molar-refractivity contribution >= 4 is 5.78 Å². The van der Waals surface area contributed by atoms with Gasteiger partial charge in [-0.3, -0.25) is 9.89 Å². The summed E-state index contributed by atoms with van der Waals surface area (Å²) in [5, 5.41) is 6.76. The van der Waals surface area contributed by atoms with Crippen molar-refractivity contribution in [3.05, 3.63) is 17.0 Å². The van der Waals surface area contributed by atoms with Gasteiger partial charge in [0.15, 0.2) is 5.78 Å². The molecule has 3 N–H and O–H groups in total. The van der Waals surface area contributed by atoms with E-state index in [1.54, 1.807) is 0 Å². The van der Waals surface area contributed by atoms with Crippen LogP contribution in [0, 0.1) is 6.92 Å². The number of carbonyl (C=O) groups excluding carboxylic acids is 1. The van der Waals surface area contributed by atoms with Gasteiger partial charge in [-0.1, -0.05) is 13.8 Å². The van der Waals surface area contributed by atoms with Gasteiger partial charge in [-0.25, -0.2) is 0 Å². The molecule has 0 unspecified atom stereocenters. The maximum Gasteiger partial charge on any atom is 0.196 e. The molecule has 72 valence electrons. The van der Waals surface area contributed by atoms with Crippen LogP contribution in [0.2, 0.25) is 0 Å². The Morgan fingerprint density at radius 2 is 2.23 bits per heavy atom. The third kappa shape index (κ3) is 1.78. The predicted molar refractivity (Wildman–Crippen MR) is 50.8 cm³/mol. The summed E-state index contributed by atoms with van der Waals surface area (Å²) < 4.78 is 0. The van der Waals surface area contributed by atoms with Gasteiger partial charge in [-0.2, -0.15) is 5.10 Å². The lowest BCUT2D eigenvalue weighted by Crippen LogP contribution is -2.16. The minimum absolute atomic E-state index is 0.0179. The zero-order chi connectivity index (χ0) is 10.0. The number of hydrogen-bond acceptors (Lipinski definition) is 3. The Hall–Kier alpha value is -1.16. The Kier molecular flexibility index (Phi) is 2.83. The number of H-pyrrole nitrogens is 1. The molecule has 0 radical (unpaired) electrons. The molecule has 0 aliphatic carbocycles. The lowest BCUT2D eigenvalue weighted by atomic mass is 9.99. The molecule has 13 heavy (non-hydrogen) atoms. The summed E-state index contributed by atoms with van der Waals surface area (Å²) >= 11 is 0. The van der Waals surface area contributed by atoms with Crippen molar-refractivity contribution in [2.75, 3.05) is 6.54 Å². The molecule has 0 amide bonds. The van der Waals surface area contributed by atoms with Crippen LogP contribution in [0.25, 0.3) is 0 Å². The quantitative estimate of drug-likeness (QED) is 0.683. The maximum atomic E-state index is 11.3. The Labute approximate surface area is 77.5 Å². The number of nitrogens with zero attached hydrogens (tertiary/aromatic N) is 1. The molecule has 1 rings (SSSR count). The van der Waals surface area contributed by atoms with Crippen molar-refractivity contribution in [3.8, 4) is 0 Å². The molecule has 0 aliphatic rings. The zero-order valence-electron chi connectivity index (χ0n) is 8.22. The number of aromatic amines is 1. The van der Waals surface area contributed by atoms with E-state index in [-0.39, 0.29) is 12.3 Å². The van der Waals surface area contributed by atoms with Crippen molar-refractivity contribution in [3.63, 3.8) is 0 Å². The Bertz CT molecular complexity index is 315. The average molecular weight is 181 g/mol. The Morgan fingerprint density at radius 3 is 2.69 bits per heavy atom. The minimum Gasteiger partial charge on any atom is -0.324 e. The smallest absolute Gasteiger partial charge is 0.196 e. The van der Waals surface area contributed by atoms with Crippen LogP contribution in [0.3, 0.4) is 0 Å². The van der Waals surface area contributed by atoms with Crippen LogP contribution in [0.4, 0.5) is 0 Å². The monoisotopic (exact) mass is 181 g/mol. The molecule has 1 heterocycles. The summed E-state index contributed by atoms with van der Waals surface area (Å²) in [4.78, 5) is 11.3. The topological polar surface area (TPSA) is 71.8 Å². The summed E-state index contributed by atoms with van der Waals surface area (Å²) in [6.07, 6.45) is 0. The Balaban J connectivity index is 3.15. The Morgan fingerprint density at radius 1 is 1.62 bits per heavy atom. The average Bonchev–Trinajstić information content (AvgIpc) is 2.45. The van der Waals surface area contributed by atoms with E-state index in [1.807, 2.05) is 20.8 Å². The van der Waals surface area contributed by atoms with E-state index >= 15 is 0 Å². The van der Waals surface area contributed by atoms with Crippen LogP contribution in [0.15, 0.2) is 0 Å². The number of aromatic nitrogens is 2. The lowest BCUT2D eigenvalue weighted by molar-refractivity contribution is 0.0995. The highest BCUT2D eigenvalue weighted by molar-refractivity contribution is 5.97. The van der Waals surface area contributed by atoms with E-state index in [2.05, 4.69) is 10.2 Å². The number of rotatable bonds is 3. The third-order valence-corrected chi connectivity index (χ3v) is 2.02. The number of hydrogen-bond donors (Lipinski definition) is 2. The second-order valence-corrected chi connectivity index (χ2v) is 3.39. The summed E-state index contributed by atoms with van der Waals surface area (Å²) in [6, 6.07) is 0. The fourth-order valence-corrected chi connectivity index (χ4v) is 1.45. The van der Waals surface area contributed by atoms with Crippen LogP contribution in [-0.2, 0) is 0 Å². The first kappa shape index (κ1) is 9.92. The zero-order valence-corrected chi connectivity index (χ0v) is 8.22. The molecule has 4 nitrogen and oxygen atoms in total. The number of ketones is 1. The molecule has 0 bridgehead atoms. The highest BCUT2D eigenvalue weighted by atomic mass is 16.1. The van der Waals surface area contributed by atoms with Gasteiger partial charge in [-0.05, 0) is 12.8 Å². The normalized spacial score (nSPS) is 10.8. The SMILES string of the molecule is Cc1[nH]nc(C(=O)CN)c1C(C)C. The summed E-state index contributed by atoms with van der Waals surface area (Å²) in [5.41, 5.74) is 7.71.